The van der Waals surface area contributed by atoms with E-state index in [1.54, 1.807) is 0 Å². The summed E-state index contributed by atoms with van der Waals surface area (Å²) in [5, 5.41) is 4.10. The second kappa shape index (κ2) is 6.68. The SMILES string of the molecule is CC(C)NC(=O)[C@@]12CCO[C@@H]1CCN(C(=O)c1cc3ccccc3n1C)C2. The quantitative estimate of drug-likeness (QED) is 0.903. The third-order valence-corrected chi connectivity index (χ3v) is 5.95. The topological polar surface area (TPSA) is 63.6 Å². The van der Waals surface area contributed by atoms with Gasteiger partial charge in [0.15, 0.2) is 0 Å². The number of carbonyl (C=O) groups is 2. The largest absolute Gasteiger partial charge is 0.377 e. The predicted octanol–water partition coefficient (Wildman–Crippen LogP) is 2.32. The highest BCUT2D eigenvalue weighted by molar-refractivity contribution is 5.99. The van der Waals surface area contributed by atoms with E-state index in [4.69, 9.17) is 4.74 Å². The van der Waals surface area contributed by atoms with Gasteiger partial charge in [-0.2, -0.15) is 0 Å². The van der Waals surface area contributed by atoms with Gasteiger partial charge in [0.2, 0.25) is 5.91 Å². The number of piperidine rings is 1. The molecule has 4 rings (SSSR count). The second-order valence-electron chi connectivity index (χ2n) is 8.06. The van der Waals surface area contributed by atoms with Gasteiger partial charge in [0.05, 0.1) is 11.5 Å². The maximum absolute atomic E-state index is 13.3. The summed E-state index contributed by atoms with van der Waals surface area (Å²) in [5.41, 5.74) is 1.06. The molecule has 2 fully saturated rings. The maximum Gasteiger partial charge on any atom is 0.270 e. The molecule has 0 bridgehead atoms. The van der Waals surface area contributed by atoms with Crippen LogP contribution < -0.4 is 5.32 Å². The van der Waals surface area contributed by atoms with Crippen LogP contribution in [-0.2, 0) is 16.6 Å². The molecule has 1 aromatic heterocycles. The van der Waals surface area contributed by atoms with E-state index in [0.29, 0.717) is 38.2 Å². The zero-order chi connectivity index (χ0) is 19.2. The Morgan fingerprint density at radius 3 is 2.81 bits per heavy atom. The van der Waals surface area contributed by atoms with Crippen molar-refractivity contribution in [2.24, 2.45) is 12.5 Å². The fraction of sp³-hybridized carbons (Fsp3) is 0.524. The number of fused-ring (bicyclic) bond motifs is 2. The number of nitrogens with zero attached hydrogens (tertiary/aromatic N) is 2. The highest BCUT2D eigenvalue weighted by Crippen LogP contribution is 2.41. The van der Waals surface area contributed by atoms with Gasteiger partial charge in [-0.25, -0.2) is 0 Å². The first kappa shape index (κ1) is 18.0. The minimum absolute atomic E-state index is 0.00884. The summed E-state index contributed by atoms with van der Waals surface area (Å²) in [6.07, 6.45) is 1.25. The summed E-state index contributed by atoms with van der Waals surface area (Å²) in [6.45, 7) is 5.52. The minimum atomic E-state index is -0.636. The van der Waals surface area contributed by atoms with Gasteiger partial charge < -0.3 is 19.5 Å². The van der Waals surface area contributed by atoms with Crippen LogP contribution in [0.3, 0.4) is 0 Å². The second-order valence-corrected chi connectivity index (χ2v) is 8.06. The van der Waals surface area contributed by atoms with Crippen LogP contribution in [0.2, 0.25) is 0 Å². The standard InChI is InChI=1S/C21H27N3O3/c1-14(2)22-20(26)21-9-11-27-18(21)8-10-24(13-21)19(25)17-12-15-6-4-5-7-16(15)23(17)3/h4-7,12,14,18H,8-11,13H2,1-3H3,(H,22,26)/t18-,21-/m1/s1. The molecule has 3 heterocycles. The van der Waals surface area contributed by atoms with Crippen molar-refractivity contribution >= 4 is 22.7 Å². The van der Waals surface area contributed by atoms with Gasteiger partial charge in [0.1, 0.15) is 5.69 Å². The molecule has 0 unspecified atom stereocenters. The van der Waals surface area contributed by atoms with E-state index >= 15 is 0 Å². The summed E-state index contributed by atoms with van der Waals surface area (Å²) < 4.78 is 7.80. The van der Waals surface area contributed by atoms with Gasteiger partial charge in [-0.15, -0.1) is 0 Å². The van der Waals surface area contributed by atoms with Crippen LogP contribution in [0.5, 0.6) is 0 Å². The highest BCUT2D eigenvalue weighted by Gasteiger charge is 2.54. The van der Waals surface area contributed by atoms with Crippen molar-refractivity contribution in [2.45, 2.75) is 38.8 Å². The molecule has 144 valence electrons. The van der Waals surface area contributed by atoms with Crippen molar-refractivity contribution in [1.29, 1.82) is 0 Å². The van der Waals surface area contributed by atoms with Gasteiger partial charge in [0.25, 0.3) is 5.91 Å². The Kier molecular flexibility index (Phi) is 4.46. The lowest BCUT2D eigenvalue weighted by Gasteiger charge is -2.42. The number of carbonyl (C=O) groups excluding carboxylic acids is 2. The molecule has 2 aliphatic heterocycles. The van der Waals surface area contributed by atoms with Crippen molar-refractivity contribution in [1.82, 2.24) is 14.8 Å². The molecule has 2 aromatic rings. The smallest absolute Gasteiger partial charge is 0.270 e. The maximum atomic E-state index is 13.3. The van der Waals surface area contributed by atoms with Gasteiger partial charge >= 0.3 is 0 Å². The molecular formula is C21H27N3O3. The molecule has 0 aliphatic carbocycles. The first-order chi connectivity index (χ1) is 12.9. The summed E-state index contributed by atoms with van der Waals surface area (Å²) in [6, 6.07) is 9.99. The fourth-order valence-corrected chi connectivity index (χ4v) is 4.50. The molecule has 27 heavy (non-hydrogen) atoms. The van der Waals surface area contributed by atoms with E-state index < -0.39 is 5.41 Å². The van der Waals surface area contributed by atoms with Gasteiger partial charge in [-0.05, 0) is 38.8 Å². The summed E-state index contributed by atoms with van der Waals surface area (Å²) in [7, 11) is 1.92. The van der Waals surface area contributed by atoms with E-state index in [1.165, 1.54) is 0 Å². The lowest BCUT2D eigenvalue weighted by atomic mass is 9.75. The van der Waals surface area contributed by atoms with Gasteiger partial charge in [0, 0.05) is 43.7 Å². The number of benzene rings is 1. The van der Waals surface area contributed by atoms with Gasteiger partial charge in [-0.3, -0.25) is 9.59 Å². The number of aromatic nitrogens is 1. The third-order valence-electron chi connectivity index (χ3n) is 5.95. The number of rotatable bonds is 3. The Balaban J connectivity index is 1.63. The van der Waals surface area contributed by atoms with Crippen LogP contribution in [-0.4, -0.2) is 53.1 Å². The van der Waals surface area contributed by atoms with E-state index in [9.17, 15) is 9.59 Å². The Morgan fingerprint density at radius 2 is 2.07 bits per heavy atom. The number of aryl methyl sites for hydroxylation is 1. The fourth-order valence-electron chi connectivity index (χ4n) is 4.50. The molecule has 2 saturated heterocycles. The average Bonchev–Trinajstić information content (AvgIpc) is 3.22. The van der Waals surface area contributed by atoms with E-state index in [2.05, 4.69) is 5.32 Å². The first-order valence-electron chi connectivity index (χ1n) is 9.69. The summed E-state index contributed by atoms with van der Waals surface area (Å²) in [5.74, 6) is -0.00897. The van der Waals surface area contributed by atoms with Gasteiger partial charge in [-0.1, -0.05) is 18.2 Å². The molecule has 2 aliphatic rings. The molecule has 0 radical (unpaired) electrons. The Hall–Kier alpha value is -2.34. The number of amides is 2. The number of hydrogen-bond acceptors (Lipinski definition) is 3. The monoisotopic (exact) mass is 369 g/mol. The molecule has 0 spiro atoms. The van der Waals surface area contributed by atoms with Crippen molar-refractivity contribution < 1.29 is 14.3 Å². The number of para-hydroxylation sites is 1. The third kappa shape index (κ3) is 2.92. The predicted molar refractivity (Wildman–Crippen MR) is 104 cm³/mol. The molecule has 2 atom stereocenters. The summed E-state index contributed by atoms with van der Waals surface area (Å²) >= 11 is 0. The van der Waals surface area contributed by atoms with Crippen LogP contribution >= 0.6 is 0 Å². The Bertz CT molecular complexity index is 888. The lowest BCUT2D eigenvalue weighted by molar-refractivity contribution is -0.138. The van der Waals surface area contributed by atoms with Crippen molar-refractivity contribution in [2.75, 3.05) is 19.7 Å². The molecule has 6 heteroatoms. The normalized spacial score (nSPS) is 25.0. The molecular weight excluding hydrogens is 342 g/mol. The number of likely N-dealkylation sites (tertiary alicyclic amines) is 1. The number of nitrogens with one attached hydrogen (secondary N) is 1. The molecule has 0 saturated carbocycles. The first-order valence-corrected chi connectivity index (χ1v) is 9.69. The number of hydrogen-bond donors (Lipinski definition) is 1. The van der Waals surface area contributed by atoms with Crippen molar-refractivity contribution in [3.05, 3.63) is 36.0 Å². The minimum Gasteiger partial charge on any atom is -0.377 e. The Morgan fingerprint density at radius 1 is 1.30 bits per heavy atom. The molecule has 1 N–H and O–H groups in total. The van der Waals surface area contributed by atoms with Crippen LogP contribution in [0.15, 0.2) is 30.3 Å². The van der Waals surface area contributed by atoms with Crippen molar-refractivity contribution in [3.8, 4) is 0 Å². The zero-order valence-electron chi connectivity index (χ0n) is 16.2. The van der Waals surface area contributed by atoms with E-state index in [-0.39, 0.29) is 24.0 Å². The molecule has 2 amide bonds. The Labute approximate surface area is 159 Å². The van der Waals surface area contributed by atoms with E-state index in [0.717, 1.165) is 10.9 Å². The van der Waals surface area contributed by atoms with E-state index in [1.807, 2.05) is 60.7 Å². The molecule has 6 nitrogen and oxygen atoms in total. The van der Waals surface area contributed by atoms with Crippen LogP contribution in [0.1, 0.15) is 37.2 Å². The van der Waals surface area contributed by atoms with Crippen LogP contribution in [0, 0.1) is 5.41 Å². The average molecular weight is 369 g/mol. The summed E-state index contributed by atoms with van der Waals surface area (Å²) in [4.78, 5) is 28.1. The highest BCUT2D eigenvalue weighted by atomic mass is 16.5. The van der Waals surface area contributed by atoms with Crippen LogP contribution in [0.25, 0.3) is 10.9 Å². The van der Waals surface area contributed by atoms with Crippen molar-refractivity contribution in [3.63, 3.8) is 0 Å². The zero-order valence-corrected chi connectivity index (χ0v) is 16.2. The molecule has 1 aromatic carbocycles. The number of ether oxygens (including phenoxy) is 1. The van der Waals surface area contributed by atoms with Crippen LogP contribution in [0.4, 0.5) is 0 Å². The lowest BCUT2D eigenvalue weighted by Crippen LogP contribution is -2.59.